The molecule has 0 rings (SSSR count). The van der Waals surface area contributed by atoms with E-state index in [4.69, 9.17) is 11.1 Å². The molecule has 0 aliphatic rings. The van der Waals surface area contributed by atoms with Crippen molar-refractivity contribution < 1.29 is 13.2 Å². The molecule has 3 nitrogen and oxygen atoms in total. The molecule has 1 atom stereocenters. The third-order valence-electron chi connectivity index (χ3n) is 2.52. The molecule has 0 fully saturated rings. The number of nitrogens with zero attached hydrogens (tertiary/aromatic N) is 1. The van der Waals surface area contributed by atoms with Gasteiger partial charge in [0.05, 0.1) is 0 Å². The van der Waals surface area contributed by atoms with Gasteiger partial charge in [-0.25, -0.2) is 0 Å². The van der Waals surface area contributed by atoms with Crippen LogP contribution in [-0.2, 0) is 0 Å². The monoisotopic (exact) mass is 253 g/mol. The van der Waals surface area contributed by atoms with Gasteiger partial charge in [0.1, 0.15) is 11.8 Å². The van der Waals surface area contributed by atoms with Crippen molar-refractivity contribution in [3.8, 4) is 0 Å². The normalized spacial score (nSPS) is 14.7. The van der Waals surface area contributed by atoms with E-state index in [0.29, 0.717) is 6.54 Å². The standard InChI is InChI=1S/C11H22F3N3/c1-7(2)5-17(8(3)4)6-9(10(15)16)11(12,13)14/h7-9H,5-6H2,1-4H3,(H3,15,16). The van der Waals surface area contributed by atoms with Crippen molar-refractivity contribution in [2.75, 3.05) is 13.1 Å². The summed E-state index contributed by atoms with van der Waals surface area (Å²) >= 11 is 0. The molecule has 0 bridgehead atoms. The number of nitrogens with one attached hydrogen (secondary N) is 1. The zero-order valence-corrected chi connectivity index (χ0v) is 10.8. The predicted octanol–water partition coefficient (Wildman–Crippen LogP) is 2.47. The van der Waals surface area contributed by atoms with E-state index in [9.17, 15) is 13.2 Å². The second-order valence-corrected chi connectivity index (χ2v) is 4.99. The molecule has 0 aromatic heterocycles. The van der Waals surface area contributed by atoms with Crippen LogP contribution < -0.4 is 5.73 Å². The highest BCUT2D eigenvalue weighted by Gasteiger charge is 2.43. The van der Waals surface area contributed by atoms with Crippen molar-refractivity contribution >= 4 is 5.84 Å². The van der Waals surface area contributed by atoms with E-state index in [1.165, 1.54) is 0 Å². The highest BCUT2D eigenvalue weighted by atomic mass is 19.4. The number of halogens is 3. The molecule has 0 aromatic carbocycles. The summed E-state index contributed by atoms with van der Waals surface area (Å²) in [6.45, 7) is 7.91. The Labute approximate surface area is 101 Å². The van der Waals surface area contributed by atoms with E-state index in [1.807, 2.05) is 27.7 Å². The smallest absolute Gasteiger partial charge is 0.387 e. The van der Waals surface area contributed by atoms with E-state index in [2.05, 4.69) is 0 Å². The highest BCUT2D eigenvalue weighted by molar-refractivity contribution is 5.80. The summed E-state index contributed by atoms with van der Waals surface area (Å²) in [5.41, 5.74) is 5.04. The Morgan fingerprint density at radius 1 is 1.18 bits per heavy atom. The molecule has 0 aliphatic heterocycles. The van der Waals surface area contributed by atoms with Gasteiger partial charge >= 0.3 is 6.18 Å². The molecule has 0 aromatic rings. The van der Waals surface area contributed by atoms with Crippen LogP contribution in [-0.4, -0.2) is 36.0 Å². The molecule has 0 saturated carbocycles. The van der Waals surface area contributed by atoms with Crippen LogP contribution in [0, 0.1) is 17.2 Å². The summed E-state index contributed by atoms with van der Waals surface area (Å²) in [6, 6.07) is 0.00148. The molecule has 3 N–H and O–H groups in total. The first kappa shape index (κ1) is 16.2. The van der Waals surface area contributed by atoms with Crippen molar-refractivity contribution in [1.29, 1.82) is 5.41 Å². The zero-order valence-electron chi connectivity index (χ0n) is 10.8. The maximum atomic E-state index is 12.7. The van der Waals surface area contributed by atoms with Crippen molar-refractivity contribution in [3.05, 3.63) is 0 Å². The van der Waals surface area contributed by atoms with Crippen LogP contribution in [0.3, 0.4) is 0 Å². The Kier molecular flexibility index (Phi) is 5.95. The number of amidine groups is 1. The molecule has 0 spiro atoms. The van der Waals surface area contributed by atoms with Crippen LogP contribution in [0.15, 0.2) is 0 Å². The van der Waals surface area contributed by atoms with Crippen LogP contribution in [0.5, 0.6) is 0 Å². The minimum atomic E-state index is -4.45. The molecular weight excluding hydrogens is 231 g/mol. The van der Waals surface area contributed by atoms with Crippen LogP contribution >= 0.6 is 0 Å². The Balaban J connectivity index is 4.75. The molecule has 0 aliphatic carbocycles. The first-order chi connectivity index (χ1) is 7.55. The second kappa shape index (κ2) is 6.23. The Hall–Kier alpha value is -0.780. The van der Waals surface area contributed by atoms with Gasteiger partial charge in [-0.15, -0.1) is 0 Å². The summed E-state index contributed by atoms with van der Waals surface area (Å²) in [4.78, 5) is 1.71. The molecule has 17 heavy (non-hydrogen) atoms. The minimum absolute atomic E-state index is 0.00148. The molecule has 102 valence electrons. The number of hydrogen-bond acceptors (Lipinski definition) is 2. The van der Waals surface area contributed by atoms with Crippen LogP contribution in [0.25, 0.3) is 0 Å². The Bertz CT molecular complexity index is 249. The van der Waals surface area contributed by atoms with E-state index >= 15 is 0 Å². The van der Waals surface area contributed by atoms with Crippen LogP contribution in [0.2, 0.25) is 0 Å². The van der Waals surface area contributed by atoms with Gasteiger partial charge in [0.25, 0.3) is 0 Å². The Morgan fingerprint density at radius 2 is 1.65 bits per heavy atom. The summed E-state index contributed by atoms with van der Waals surface area (Å²) < 4.78 is 38.1. The lowest BCUT2D eigenvalue weighted by molar-refractivity contribution is -0.161. The van der Waals surface area contributed by atoms with Crippen molar-refractivity contribution in [3.63, 3.8) is 0 Å². The number of hydrogen-bond donors (Lipinski definition) is 2. The van der Waals surface area contributed by atoms with E-state index in [1.54, 1.807) is 4.90 Å². The molecule has 0 radical (unpaired) electrons. The first-order valence-electron chi connectivity index (χ1n) is 5.70. The van der Waals surface area contributed by atoms with Crippen LogP contribution in [0.4, 0.5) is 13.2 Å². The van der Waals surface area contributed by atoms with Gasteiger partial charge in [0.15, 0.2) is 0 Å². The summed E-state index contributed by atoms with van der Waals surface area (Å²) in [6.07, 6.45) is -4.45. The third-order valence-corrected chi connectivity index (χ3v) is 2.52. The van der Waals surface area contributed by atoms with E-state index < -0.39 is 17.9 Å². The van der Waals surface area contributed by atoms with E-state index in [0.717, 1.165) is 0 Å². The summed E-state index contributed by atoms with van der Waals surface area (Å²) in [5.74, 6) is -2.41. The van der Waals surface area contributed by atoms with Gasteiger partial charge in [-0.1, -0.05) is 13.8 Å². The summed E-state index contributed by atoms with van der Waals surface area (Å²) in [5, 5.41) is 7.06. The molecule has 1 unspecified atom stereocenters. The summed E-state index contributed by atoms with van der Waals surface area (Å²) in [7, 11) is 0. The minimum Gasteiger partial charge on any atom is -0.387 e. The van der Waals surface area contributed by atoms with Gasteiger partial charge < -0.3 is 5.73 Å². The lowest BCUT2D eigenvalue weighted by atomic mass is 10.1. The Morgan fingerprint density at radius 3 is 1.88 bits per heavy atom. The van der Waals surface area contributed by atoms with Gasteiger partial charge in [-0.3, -0.25) is 10.3 Å². The number of alkyl halides is 3. The average Bonchev–Trinajstić information content (AvgIpc) is 2.07. The molecular formula is C11H22F3N3. The quantitative estimate of drug-likeness (QED) is 0.564. The first-order valence-corrected chi connectivity index (χ1v) is 5.70. The van der Waals surface area contributed by atoms with Crippen molar-refractivity contribution in [2.24, 2.45) is 17.6 Å². The van der Waals surface area contributed by atoms with Gasteiger partial charge in [0.2, 0.25) is 0 Å². The third kappa shape index (κ3) is 5.91. The largest absolute Gasteiger partial charge is 0.399 e. The SMILES string of the molecule is CC(C)CN(CC(C(=N)N)C(F)(F)F)C(C)C. The van der Waals surface area contributed by atoms with Crippen molar-refractivity contribution in [1.82, 2.24) is 4.90 Å². The fraction of sp³-hybridized carbons (Fsp3) is 0.909. The molecule has 0 saturated heterocycles. The zero-order chi connectivity index (χ0) is 13.8. The maximum Gasteiger partial charge on any atom is 0.399 e. The lowest BCUT2D eigenvalue weighted by Gasteiger charge is -2.32. The average molecular weight is 253 g/mol. The topological polar surface area (TPSA) is 53.1 Å². The molecule has 6 heteroatoms. The number of nitrogens with two attached hydrogens (primary N) is 1. The highest BCUT2D eigenvalue weighted by Crippen LogP contribution is 2.27. The van der Waals surface area contributed by atoms with Gasteiger partial charge in [-0.2, -0.15) is 13.2 Å². The number of rotatable bonds is 6. The predicted molar refractivity (Wildman–Crippen MR) is 63.0 cm³/mol. The fourth-order valence-corrected chi connectivity index (χ4v) is 1.58. The van der Waals surface area contributed by atoms with Crippen LogP contribution in [0.1, 0.15) is 27.7 Å². The van der Waals surface area contributed by atoms with Gasteiger partial charge in [0, 0.05) is 19.1 Å². The fourth-order valence-electron chi connectivity index (χ4n) is 1.58. The second-order valence-electron chi connectivity index (χ2n) is 4.99. The lowest BCUT2D eigenvalue weighted by Crippen LogP contribution is -2.47. The molecule has 0 heterocycles. The maximum absolute atomic E-state index is 12.7. The van der Waals surface area contributed by atoms with Crippen molar-refractivity contribution in [2.45, 2.75) is 39.9 Å². The molecule has 0 amide bonds. The van der Waals surface area contributed by atoms with E-state index in [-0.39, 0.29) is 18.5 Å². The van der Waals surface area contributed by atoms with Gasteiger partial charge in [-0.05, 0) is 19.8 Å².